The summed E-state index contributed by atoms with van der Waals surface area (Å²) >= 11 is 0. The van der Waals surface area contributed by atoms with Crippen LogP contribution in [-0.4, -0.2) is 26.9 Å². The van der Waals surface area contributed by atoms with Crippen LogP contribution < -0.4 is 4.74 Å². The highest BCUT2D eigenvalue weighted by Crippen LogP contribution is 2.20. The van der Waals surface area contributed by atoms with Crippen LogP contribution in [0, 0.1) is 0 Å². The first kappa shape index (κ1) is 16.3. The minimum atomic E-state index is -3.48. The van der Waals surface area contributed by atoms with E-state index >= 15 is 0 Å². The van der Waals surface area contributed by atoms with Crippen molar-refractivity contribution in [3.05, 3.63) is 71.1 Å². The topological polar surface area (TPSA) is 46.6 Å². The maximum Gasteiger partial charge on any atom is 0.236 e. The number of ether oxygens (including phenoxy) is 1. The van der Waals surface area contributed by atoms with Crippen molar-refractivity contribution in [1.82, 2.24) is 4.31 Å². The fourth-order valence-electron chi connectivity index (χ4n) is 2.00. The molecule has 0 N–H and O–H groups in total. The Morgan fingerprint density at radius 1 is 1.05 bits per heavy atom. The van der Waals surface area contributed by atoms with Crippen molar-refractivity contribution < 1.29 is 13.2 Å². The molecule has 0 aromatic heterocycles. The quantitative estimate of drug-likeness (QED) is 0.822. The van der Waals surface area contributed by atoms with Crippen molar-refractivity contribution in [3.8, 4) is 5.75 Å². The van der Waals surface area contributed by atoms with Crippen molar-refractivity contribution in [2.75, 3.05) is 14.2 Å². The van der Waals surface area contributed by atoms with Crippen LogP contribution in [0.15, 0.2) is 60.0 Å². The molecule has 2 rings (SSSR count). The second-order valence-corrected chi connectivity index (χ2v) is 6.75. The van der Waals surface area contributed by atoms with Crippen molar-refractivity contribution in [3.63, 3.8) is 0 Å². The molecule has 5 heteroatoms. The van der Waals surface area contributed by atoms with Crippen LogP contribution in [-0.2, 0) is 16.6 Å². The van der Waals surface area contributed by atoms with E-state index in [1.165, 1.54) is 9.71 Å². The highest BCUT2D eigenvalue weighted by atomic mass is 32.2. The Labute approximate surface area is 131 Å². The summed E-state index contributed by atoms with van der Waals surface area (Å²) in [5, 5.41) is 1.22. The molecule has 0 atom stereocenters. The standard InChI is InChI=1S/C17H19NO3S/c1-18(14-16-10-6-7-11-17(16)21-2)22(19,20)13-12-15-8-4-3-5-9-15/h3-13H,14H2,1-2H3/b13-12+. The van der Waals surface area contributed by atoms with Gasteiger partial charge in [-0.2, -0.15) is 4.31 Å². The lowest BCUT2D eigenvalue weighted by atomic mass is 10.2. The van der Waals surface area contributed by atoms with Gasteiger partial charge in [-0.25, -0.2) is 8.42 Å². The van der Waals surface area contributed by atoms with Crippen LogP contribution in [0.3, 0.4) is 0 Å². The second-order valence-electron chi connectivity index (χ2n) is 4.83. The number of hydrogen-bond acceptors (Lipinski definition) is 3. The molecule has 22 heavy (non-hydrogen) atoms. The summed E-state index contributed by atoms with van der Waals surface area (Å²) in [7, 11) is -0.360. The number of para-hydroxylation sites is 1. The number of methoxy groups -OCH3 is 1. The third kappa shape index (κ3) is 4.19. The zero-order valence-corrected chi connectivity index (χ0v) is 13.5. The van der Waals surface area contributed by atoms with E-state index in [1.54, 1.807) is 20.2 Å². The van der Waals surface area contributed by atoms with E-state index in [4.69, 9.17) is 4.74 Å². The van der Waals surface area contributed by atoms with E-state index < -0.39 is 10.0 Å². The Balaban J connectivity index is 2.14. The Bertz CT molecular complexity index is 740. The average Bonchev–Trinajstić information content (AvgIpc) is 2.54. The minimum Gasteiger partial charge on any atom is -0.496 e. The maximum atomic E-state index is 12.3. The SMILES string of the molecule is COc1ccccc1CN(C)S(=O)(=O)/C=C/c1ccccc1. The summed E-state index contributed by atoms with van der Waals surface area (Å²) in [6.45, 7) is 0.255. The largest absolute Gasteiger partial charge is 0.496 e. The number of rotatable bonds is 6. The molecule has 0 saturated carbocycles. The van der Waals surface area contributed by atoms with E-state index in [-0.39, 0.29) is 6.54 Å². The highest BCUT2D eigenvalue weighted by molar-refractivity contribution is 7.92. The fourth-order valence-corrected chi connectivity index (χ4v) is 2.85. The first-order chi connectivity index (χ1) is 10.5. The van der Waals surface area contributed by atoms with Crippen LogP contribution in [0.5, 0.6) is 5.75 Å². The molecule has 0 aliphatic carbocycles. The Kier molecular flexibility index (Phi) is 5.35. The minimum absolute atomic E-state index is 0.255. The predicted molar refractivity (Wildman–Crippen MR) is 88.9 cm³/mol. The molecule has 0 fully saturated rings. The molecule has 4 nitrogen and oxygen atoms in total. The molecule has 0 heterocycles. The monoisotopic (exact) mass is 317 g/mol. The van der Waals surface area contributed by atoms with Crippen molar-refractivity contribution in [2.45, 2.75) is 6.54 Å². The third-order valence-electron chi connectivity index (χ3n) is 3.25. The number of nitrogens with zero attached hydrogens (tertiary/aromatic N) is 1. The summed E-state index contributed by atoms with van der Waals surface area (Å²) in [6.07, 6.45) is 1.59. The zero-order valence-electron chi connectivity index (χ0n) is 12.6. The van der Waals surface area contributed by atoms with Gasteiger partial charge >= 0.3 is 0 Å². The van der Waals surface area contributed by atoms with Crippen molar-refractivity contribution in [2.24, 2.45) is 0 Å². The van der Waals surface area contributed by atoms with Gasteiger partial charge in [-0.15, -0.1) is 0 Å². The molecule has 0 saturated heterocycles. The van der Waals surface area contributed by atoms with E-state index in [0.717, 1.165) is 11.1 Å². The van der Waals surface area contributed by atoms with Crippen LogP contribution in [0.25, 0.3) is 6.08 Å². The van der Waals surface area contributed by atoms with Crippen molar-refractivity contribution in [1.29, 1.82) is 0 Å². The zero-order chi connectivity index (χ0) is 16.0. The summed E-state index contributed by atoms with van der Waals surface area (Å²) in [4.78, 5) is 0. The van der Waals surface area contributed by atoms with Crippen LogP contribution in [0.2, 0.25) is 0 Å². The average molecular weight is 317 g/mol. The first-order valence-corrected chi connectivity index (χ1v) is 8.34. The lowest BCUT2D eigenvalue weighted by molar-refractivity contribution is 0.399. The van der Waals surface area contributed by atoms with Crippen molar-refractivity contribution >= 4 is 16.1 Å². The molecule has 0 amide bonds. The molecular weight excluding hydrogens is 298 g/mol. The molecule has 0 unspecified atom stereocenters. The van der Waals surface area contributed by atoms with Gasteiger partial charge in [0.1, 0.15) is 5.75 Å². The summed E-state index contributed by atoms with van der Waals surface area (Å²) in [6, 6.07) is 16.7. The van der Waals surface area contributed by atoms with Gasteiger partial charge in [0.05, 0.1) is 7.11 Å². The van der Waals surface area contributed by atoms with Gasteiger partial charge in [0.2, 0.25) is 10.0 Å². The smallest absolute Gasteiger partial charge is 0.236 e. The van der Waals surface area contributed by atoms with E-state index in [0.29, 0.717) is 5.75 Å². The van der Waals surface area contributed by atoms with Gasteiger partial charge in [-0.1, -0.05) is 48.5 Å². The maximum absolute atomic E-state index is 12.3. The third-order valence-corrected chi connectivity index (χ3v) is 4.73. The first-order valence-electron chi connectivity index (χ1n) is 6.84. The number of hydrogen-bond donors (Lipinski definition) is 0. The lowest BCUT2D eigenvalue weighted by Gasteiger charge is -2.16. The fraction of sp³-hybridized carbons (Fsp3) is 0.176. The molecule has 0 aliphatic heterocycles. The summed E-state index contributed by atoms with van der Waals surface area (Å²) in [5.74, 6) is 0.677. The normalized spacial score (nSPS) is 12.0. The molecule has 0 spiro atoms. The van der Waals surface area contributed by atoms with Crippen LogP contribution in [0.4, 0.5) is 0 Å². The second kappa shape index (κ2) is 7.24. The van der Waals surface area contributed by atoms with Gasteiger partial charge in [0.25, 0.3) is 0 Å². The Hall–Kier alpha value is -2.11. The molecule has 0 radical (unpaired) electrons. The molecule has 2 aromatic carbocycles. The lowest BCUT2D eigenvalue weighted by Crippen LogP contribution is -2.24. The summed E-state index contributed by atoms with van der Waals surface area (Å²) in [5.41, 5.74) is 1.67. The van der Waals surface area contributed by atoms with E-state index in [1.807, 2.05) is 54.6 Å². The van der Waals surface area contributed by atoms with Crippen LogP contribution in [0.1, 0.15) is 11.1 Å². The number of sulfonamides is 1. The predicted octanol–water partition coefficient (Wildman–Crippen LogP) is 3.13. The van der Waals surface area contributed by atoms with Gasteiger partial charge < -0.3 is 4.74 Å². The molecule has 2 aromatic rings. The summed E-state index contributed by atoms with van der Waals surface area (Å²) < 4.78 is 31.2. The molecule has 116 valence electrons. The van der Waals surface area contributed by atoms with Gasteiger partial charge in [-0.3, -0.25) is 0 Å². The Morgan fingerprint density at radius 2 is 1.68 bits per heavy atom. The molecule has 0 bridgehead atoms. The molecular formula is C17H19NO3S. The Morgan fingerprint density at radius 3 is 2.36 bits per heavy atom. The van der Waals surface area contributed by atoms with Crippen LogP contribution >= 0.6 is 0 Å². The van der Waals surface area contributed by atoms with Gasteiger partial charge in [0, 0.05) is 24.6 Å². The van der Waals surface area contributed by atoms with E-state index in [9.17, 15) is 8.42 Å². The highest BCUT2D eigenvalue weighted by Gasteiger charge is 2.16. The molecule has 0 aliphatic rings. The van der Waals surface area contributed by atoms with E-state index in [2.05, 4.69) is 0 Å². The number of benzene rings is 2. The van der Waals surface area contributed by atoms with Gasteiger partial charge in [-0.05, 0) is 17.7 Å². The van der Waals surface area contributed by atoms with Gasteiger partial charge in [0.15, 0.2) is 0 Å².